The molecule has 1 aliphatic rings. The number of aliphatic hydroxyl groups is 1. The Morgan fingerprint density at radius 3 is 2.88 bits per heavy atom. The lowest BCUT2D eigenvalue weighted by Gasteiger charge is -2.17. The minimum absolute atomic E-state index is 0.0460. The molecule has 0 unspecified atom stereocenters. The molecule has 6 heteroatoms. The van der Waals surface area contributed by atoms with Crippen LogP contribution in [0.15, 0.2) is 59.7 Å². The van der Waals surface area contributed by atoms with Gasteiger partial charge in [-0.15, -0.1) is 0 Å². The SMILES string of the molecule is O=C(N[C@H]1c2ccccc2C[C@H]1O)c1cnc2ccccn2c1=O. The average Bonchev–Trinajstić information content (AvgIpc) is 2.91. The maximum absolute atomic E-state index is 12.5. The van der Waals surface area contributed by atoms with Gasteiger partial charge in [0.2, 0.25) is 0 Å². The first-order chi connectivity index (χ1) is 11.6. The molecule has 0 fully saturated rings. The number of hydrogen-bond donors (Lipinski definition) is 2. The van der Waals surface area contributed by atoms with Crippen LogP contribution < -0.4 is 10.9 Å². The number of pyridine rings is 1. The Kier molecular flexibility index (Phi) is 3.39. The number of amides is 1. The van der Waals surface area contributed by atoms with Gasteiger partial charge in [0.25, 0.3) is 11.5 Å². The molecule has 0 saturated heterocycles. The van der Waals surface area contributed by atoms with Crippen LogP contribution >= 0.6 is 0 Å². The Labute approximate surface area is 137 Å². The number of carbonyl (C=O) groups excluding carboxylic acids is 1. The van der Waals surface area contributed by atoms with E-state index >= 15 is 0 Å². The first-order valence-corrected chi connectivity index (χ1v) is 7.68. The third kappa shape index (κ3) is 2.28. The molecule has 2 atom stereocenters. The van der Waals surface area contributed by atoms with E-state index in [2.05, 4.69) is 10.3 Å². The molecule has 6 nitrogen and oxygen atoms in total. The molecule has 2 aromatic heterocycles. The molecule has 1 aromatic carbocycles. The normalized spacial score (nSPS) is 19.2. The number of fused-ring (bicyclic) bond motifs is 2. The van der Waals surface area contributed by atoms with Crippen molar-refractivity contribution in [3.05, 3.63) is 81.9 Å². The van der Waals surface area contributed by atoms with Crippen molar-refractivity contribution in [2.45, 2.75) is 18.6 Å². The lowest BCUT2D eigenvalue weighted by atomic mass is 10.1. The van der Waals surface area contributed by atoms with E-state index < -0.39 is 23.6 Å². The third-order valence-corrected chi connectivity index (χ3v) is 4.35. The largest absolute Gasteiger partial charge is 0.390 e. The second-order valence-electron chi connectivity index (χ2n) is 5.83. The topological polar surface area (TPSA) is 83.7 Å². The fourth-order valence-corrected chi connectivity index (χ4v) is 3.15. The molecule has 4 rings (SSSR count). The van der Waals surface area contributed by atoms with Crippen LogP contribution in [0.3, 0.4) is 0 Å². The second-order valence-corrected chi connectivity index (χ2v) is 5.83. The van der Waals surface area contributed by atoms with E-state index in [9.17, 15) is 14.7 Å². The summed E-state index contributed by atoms with van der Waals surface area (Å²) in [5.41, 5.74) is 1.88. The molecule has 0 aliphatic heterocycles. The van der Waals surface area contributed by atoms with Crippen LogP contribution in [0.4, 0.5) is 0 Å². The lowest BCUT2D eigenvalue weighted by molar-refractivity contribution is 0.0856. The van der Waals surface area contributed by atoms with E-state index in [0.29, 0.717) is 12.1 Å². The Bertz CT molecular complexity index is 996. The molecule has 0 saturated carbocycles. The van der Waals surface area contributed by atoms with Crippen molar-refractivity contribution >= 4 is 11.6 Å². The summed E-state index contributed by atoms with van der Waals surface area (Å²) < 4.78 is 1.33. The smallest absolute Gasteiger partial charge is 0.270 e. The molecule has 2 heterocycles. The predicted molar refractivity (Wildman–Crippen MR) is 87.8 cm³/mol. The third-order valence-electron chi connectivity index (χ3n) is 4.35. The van der Waals surface area contributed by atoms with Gasteiger partial charge in [0.1, 0.15) is 11.2 Å². The zero-order valence-electron chi connectivity index (χ0n) is 12.7. The molecular formula is C18H15N3O3. The van der Waals surface area contributed by atoms with E-state index in [-0.39, 0.29) is 5.56 Å². The Morgan fingerprint density at radius 1 is 1.21 bits per heavy atom. The molecule has 24 heavy (non-hydrogen) atoms. The number of benzene rings is 1. The summed E-state index contributed by atoms with van der Waals surface area (Å²) >= 11 is 0. The van der Waals surface area contributed by atoms with E-state index in [4.69, 9.17) is 0 Å². The number of aliphatic hydroxyl groups excluding tert-OH is 1. The number of nitrogens with zero attached hydrogens (tertiary/aromatic N) is 2. The van der Waals surface area contributed by atoms with Crippen molar-refractivity contribution < 1.29 is 9.90 Å². The van der Waals surface area contributed by atoms with Crippen LogP contribution in [-0.2, 0) is 6.42 Å². The molecule has 3 aromatic rings. The minimum Gasteiger partial charge on any atom is -0.390 e. The molecule has 1 amide bonds. The lowest BCUT2D eigenvalue weighted by Crippen LogP contribution is -2.37. The van der Waals surface area contributed by atoms with Gasteiger partial charge >= 0.3 is 0 Å². The van der Waals surface area contributed by atoms with Gasteiger partial charge in [0.15, 0.2) is 0 Å². The highest BCUT2D eigenvalue weighted by atomic mass is 16.3. The summed E-state index contributed by atoms with van der Waals surface area (Å²) in [7, 11) is 0. The highest BCUT2D eigenvalue weighted by Gasteiger charge is 2.32. The molecule has 120 valence electrons. The van der Waals surface area contributed by atoms with Crippen LogP contribution in [0.1, 0.15) is 27.5 Å². The summed E-state index contributed by atoms with van der Waals surface area (Å²) in [4.78, 5) is 29.2. The fraction of sp³-hybridized carbons (Fsp3) is 0.167. The van der Waals surface area contributed by atoms with Gasteiger partial charge in [-0.05, 0) is 23.3 Å². The Hall–Kier alpha value is -2.99. The zero-order valence-corrected chi connectivity index (χ0v) is 12.7. The maximum atomic E-state index is 12.5. The zero-order chi connectivity index (χ0) is 16.7. The van der Waals surface area contributed by atoms with Gasteiger partial charge in [-0.3, -0.25) is 14.0 Å². The van der Waals surface area contributed by atoms with Crippen molar-refractivity contribution in [3.63, 3.8) is 0 Å². The van der Waals surface area contributed by atoms with Gasteiger partial charge in [0.05, 0.1) is 12.1 Å². The van der Waals surface area contributed by atoms with Crippen molar-refractivity contribution in [1.29, 1.82) is 0 Å². The Morgan fingerprint density at radius 2 is 2.00 bits per heavy atom. The number of carbonyl (C=O) groups is 1. The second kappa shape index (κ2) is 5.58. The van der Waals surface area contributed by atoms with Crippen molar-refractivity contribution in [3.8, 4) is 0 Å². The summed E-state index contributed by atoms with van der Waals surface area (Å²) in [5, 5.41) is 13.0. The molecule has 2 N–H and O–H groups in total. The van der Waals surface area contributed by atoms with E-state index in [1.54, 1.807) is 24.4 Å². The van der Waals surface area contributed by atoms with Crippen molar-refractivity contribution in [1.82, 2.24) is 14.7 Å². The van der Waals surface area contributed by atoms with Crippen molar-refractivity contribution in [2.75, 3.05) is 0 Å². The van der Waals surface area contributed by atoms with E-state index in [1.165, 1.54) is 10.6 Å². The summed E-state index contributed by atoms with van der Waals surface area (Å²) in [5.74, 6) is -0.536. The quantitative estimate of drug-likeness (QED) is 0.740. The van der Waals surface area contributed by atoms with Crippen molar-refractivity contribution in [2.24, 2.45) is 0 Å². The summed E-state index contributed by atoms with van der Waals surface area (Å²) in [6, 6.07) is 12.2. The summed E-state index contributed by atoms with van der Waals surface area (Å²) in [6.07, 6.45) is 2.62. The van der Waals surface area contributed by atoms with Gasteiger partial charge in [-0.1, -0.05) is 30.3 Å². The standard InChI is InChI=1S/C18H15N3O3/c22-14-9-11-5-1-2-6-12(11)16(14)20-17(23)13-10-19-15-7-3-4-8-21(15)18(13)24/h1-8,10,14,16,22H,9H2,(H,20,23)/t14-,16+/m1/s1. The van der Waals surface area contributed by atoms with Gasteiger partial charge in [0, 0.05) is 18.8 Å². The number of nitrogens with one attached hydrogen (secondary N) is 1. The Balaban J connectivity index is 1.68. The van der Waals surface area contributed by atoms with E-state index in [1.807, 2.05) is 24.3 Å². The van der Waals surface area contributed by atoms with E-state index in [0.717, 1.165) is 11.1 Å². The summed E-state index contributed by atoms with van der Waals surface area (Å²) in [6.45, 7) is 0. The number of aromatic nitrogens is 2. The van der Waals surface area contributed by atoms with Crippen LogP contribution in [-0.4, -0.2) is 26.5 Å². The van der Waals surface area contributed by atoms with Gasteiger partial charge < -0.3 is 10.4 Å². The van der Waals surface area contributed by atoms with Gasteiger partial charge in [-0.25, -0.2) is 4.98 Å². The minimum atomic E-state index is -0.706. The van der Waals surface area contributed by atoms with Crippen LogP contribution in [0.25, 0.3) is 5.65 Å². The highest BCUT2D eigenvalue weighted by Crippen LogP contribution is 2.31. The fourth-order valence-electron chi connectivity index (χ4n) is 3.15. The van der Waals surface area contributed by atoms with Crippen LogP contribution in [0.2, 0.25) is 0 Å². The predicted octanol–water partition coefficient (Wildman–Crippen LogP) is 1.08. The van der Waals surface area contributed by atoms with Gasteiger partial charge in [-0.2, -0.15) is 0 Å². The highest BCUT2D eigenvalue weighted by molar-refractivity contribution is 5.94. The number of hydrogen-bond acceptors (Lipinski definition) is 4. The maximum Gasteiger partial charge on any atom is 0.270 e. The molecule has 0 spiro atoms. The molecule has 0 radical (unpaired) electrons. The molecular weight excluding hydrogens is 306 g/mol. The molecule has 0 bridgehead atoms. The first-order valence-electron chi connectivity index (χ1n) is 7.68. The van der Waals surface area contributed by atoms with Crippen LogP contribution in [0, 0.1) is 0 Å². The number of rotatable bonds is 2. The molecule has 1 aliphatic carbocycles. The first kappa shape index (κ1) is 14.6. The van der Waals surface area contributed by atoms with Crippen LogP contribution in [0.5, 0.6) is 0 Å². The monoisotopic (exact) mass is 321 g/mol. The average molecular weight is 321 g/mol.